The average Bonchev–Trinajstić information content (AvgIpc) is 2.86. The maximum atomic E-state index is 11.9. The second-order valence-electron chi connectivity index (χ2n) is 4.82. The Bertz CT molecular complexity index is 468. The van der Waals surface area contributed by atoms with E-state index in [1.165, 1.54) is 37.8 Å². The van der Waals surface area contributed by atoms with Crippen LogP contribution in [0, 0.1) is 5.92 Å². The summed E-state index contributed by atoms with van der Waals surface area (Å²) in [7, 11) is 0. The van der Waals surface area contributed by atoms with Crippen LogP contribution in [-0.4, -0.2) is 12.6 Å². The van der Waals surface area contributed by atoms with Crippen LogP contribution in [0.5, 0.6) is 0 Å². The van der Waals surface area contributed by atoms with Gasteiger partial charge < -0.3 is 4.74 Å². The van der Waals surface area contributed by atoms with Crippen molar-refractivity contribution in [1.82, 2.24) is 0 Å². The number of ether oxygens (including phenoxy) is 1. The Morgan fingerprint density at radius 1 is 1.21 bits per heavy atom. The molecular weight excluding hydrogens is 307 g/mol. The van der Waals surface area contributed by atoms with Crippen LogP contribution < -0.4 is 0 Å². The predicted molar refractivity (Wildman–Crippen MR) is 78.3 cm³/mol. The molecule has 2 rings (SSSR count). The molecule has 0 atom stereocenters. The highest BCUT2D eigenvalue weighted by Crippen LogP contribution is 2.31. The quantitative estimate of drug-likeness (QED) is 0.549. The van der Waals surface area contributed by atoms with E-state index in [2.05, 4.69) is 0 Å². The van der Waals surface area contributed by atoms with Crippen molar-refractivity contribution in [2.75, 3.05) is 6.61 Å². The molecular formula is C14H15Cl3O2. The van der Waals surface area contributed by atoms with Crippen LogP contribution in [0.3, 0.4) is 0 Å². The Morgan fingerprint density at radius 2 is 1.89 bits per heavy atom. The number of esters is 1. The largest absolute Gasteiger partial charge is 0.462 e. The Balaban J connectivity index is 1.92. The van der Waals surface area contributed by atoms with Crippen molar-refractivity contribution in [3.63, 3.8) is 0 Å². The van der Waals surface area contributed by atoms with E-state index < -0.39 is 5.97 Å². The lowest BCUT2D eigenvalue weighted by Gasteiger charge is -2.10. The lowest BCUT2D eigenvalue weighted by atomic mass is 10.1. The molecule has 104 valence electrons. The highest BCUT2D eigenvalue weighted by atomic mass is 35.5. The fraction of sp³-hybridized carbons (Fsp3) is 0.500. The average molecular weight is 322 g/mol. The fourth-order valence-corrected chi connectivity index (χ4v) is 3.08. The Hall–Kier alpha value is -0.440. The molecule has 1 saturated carbocycles. The second-order valence-corrected chi connectivity index (χ2v) is 6.05. The maximum absolute atomic E-state index is 11.9. The van der Waals surface area contributed by atoms with Crippen LogP contribution in [-0.2, 0) is 4.74 Å². The van der Waals surface area contributed by atoms with Gasteiger partial charge in [-0.05, 0) is 24.5 Å². The van der Waals surface area contributed by atoms with Gasteiger partial charge in [0.15, 0.2) is 0 Å². The number of carbonyl (C=O) groups is 1. The summed E-state index contributed by atoms with van der Waals surface area (Å²) in [6.45, 7) is 0.421. The van der Waals surface area contributed by atoms with E-state index in [-0.39, 0.29) is 15.6 Å². The molecule has 0 N–H and O–H groups in total. The van der Waals surface area contributed by atoms with Gasteiger partial charge in [-0.15, -0.1) is 0 Å². The molecule has 1 aromatic carbocycles. The fourth-order valence-electron chi connectivity index (χ4n) is 2.40. The lowest BCUT2D eigenvalue weighted by molar-refractivity contribution is 0.0483. The molecule has 0 spiro atoms. The Kier molecular flexibility index (Phi) is 5.37. The minimum absolute atomic E-state index is 0.192. The topological polar surface area (TPSA) is 26.3 Å². The van der Waals surface area contributed by atoms with E-state index in [9.17, 15) is 4.79 Å². The monoisotopic (exact) mass is 320 g/mol. The van der Waals surface area contributed by atoms with Crippen LogP contribution >= 0.6 is 34.8 Å². The van der Waals surface area contributed by atoms with E-state index in [0.717, 1.165) is 6.42 Å². The molecule has 0 saturated heterocycles. The number of hydrogen-bond acceptors (Lipinski definition) is 2. The summed E-state index contributed by atoms with van der Waals surface area (Å²) in [6.07, 6.45) is 5.96. The van der Waals surface area contributed by atoms with Crippen molar-refractivity contribution in [3.05, 3.63) is 32.8 Å². The summed E-state index contributed by atoms with van der Waals surface area (Å²) >= 11 is 17.7. The maximum Gasteiger partial charge on any atom is 0.339 e. The summed E-state index contributed by atoms with van der Waals surface area (Å²) in [4.78, 5) is 11.9. The van der Waals surface area contributed by atoms with E-state index in [1.54, 1.807) is 0 Å². The van der Waals surface area contributed by atoms with E-state index in [1.807, 2.05) is 0 Å². The van der Waals surface area contributed by atoms with Gasteiger partial charge in [0.1, 0.15) is 0 Å². The van der Waals surface area contributed by atoms with Gasteiger partial charge in [0.2, 0.25) is 0 Å². The minimum atomic E-state index is -0.465. The van der Waals surface area contributed by atoms with Crippen molar-refractivity contribution >= 4 is 40.8 Å². The van der Waals surface area contributed by atoms with Crippen LogP contribution in [0.25, 0.3) is 0 Å². The molecule has 1 fully saturated rings. The normalized spacial score (nSPS) is 15.7. The Morgan fingerprint density at radius 3 is 2.58 bits per heavy atom. The smallest absolute Gasteiger partial charge is 0.339 e. The van der Waals surface area contributed by atoms with E-state index in [4.69, 9.17) is 39.5 Å². The highest BCUT2D eigenvalue weighted by molar-refractivity contribution is 6.45. The molecule has 0 amide bonds. The third-order valence-electron chi connectivity index (χ3n) is 3.45. The Labute approximate surface area is 128 Å². The van der Waals surface area contributed by atoms with Gasteiger partial charge in [0, 0.05) is 5.02 Å². The molecule has 1 aliphatic carbocycles. The van der Waals surface area contributed by atoms with Gasteiger partial charge in [-0.3, -0.25) is 0 Å². The number of benzene rings is 1. The van der Waals surface area contributed by atoms with Crippen molar-refractivity contribution in [1.29, 1.82) is 0 Å². The van der Waals surface area contributed by atoms with Crippen molar-refractivity contribution in [2.45, 2.75) is 32.1 Å². The predicted octanol–water partition coefficient (Wildman–Crippen LogP) is 5.38. The van der Waals surface area contributed by atoms with Crippen molar-refractivity contribution in [3.8, 4) is 0 Å². The summed E-state index contributed by atoms with van der Waals surface area (Å²) < 4.78 is 5.24. The van der Waals surface area contributed by atoms with Crippen molar-refractivity contribution < 1.29 is 9.53 Å². The summed E-state index contributed by atoms with van der Waals surface area (Å²) in [5.74, 6) is 0.221. The van der Waals surface area contributed by atoms with E-state index >= 15 is 0 Å². The molecule has 0 heterocycles. The van der Waals surface area contributed by atoms with Gasteiger partial charge in [-0.2, -0.15) is 0 Å². The third-order valence-corrected chi connectivity index (χ3v) is 4.47. The summed E-state index contributed by atoms with van der Waals surface area (Å²) in [6, 6.07) is 2.98. The molecule has 0 radical (unpaired) electrons. The van der Waals surface area contributed by atoms with Gasteiger partial charge in [0.25, 0.3) is 0 Å². The molecule has 1 aromatic rings. The van der Waals surface area contributed by atoms with Gasteiger partial charge in [-0.1, -0.05) is 60.5 Å². The number of rotatable bonds is 4. The molecule has 2 nitrogen and oxygen atoms in total. The third kappa shape index (κ3) is 4.01. The lowest BCUT2D eigenvalue weighted by Crippen LogP contribution is -2.09. The number of hydrogen-bond donors (Lipinski definition) is 0. The summed E-state index contributed by atoms with van der Waals surface area (Å²) in [5, 5.41) is 0.825. The zero-order valence-electron chi connectivity index (χ0n) is 10.4. The standard InChI is InChI=1S/C14H15Cl3O2/c15-10-7-11(13(17)12(16)8-10)14(18)19-6-5-9-3-1-2-4-9/h7-9H,1-6H2. The van der Waals surface area contributed by atoms with E-state index in [0.29, 0.717) is 17.5 Å². The molecule has 5 heteroatoms. The van der Waals surface area contributed by atoms with Crippen LogP contribution in [0.15, 0.2) is 12.1 Å². The van der Waals surface area contributed by atoms with Gasteiger partial charge >= 0.3 is 5.97 Å². The molecule has 1 aliphatic rings. The minimum Gasteiger partial charge on any atom is -0.462 e. The molecule has 19 heavy (non-hydrogen) atoms. The van der Waals surface area contributed by atoms with Gasteiger partial charge in [0.05, 0.1) is 22.2 Å². The van der Waals surface area contributed by atoms with Crippen LogP contribution in [0.2, 0.25) is 15.1 Å². The molecule has 0 unspecified atom stereocenters. The summed E-state index contributed by atoms with van der Waals surface area (Å²) in [5.41, 5.74) is 0.227. The van der Waals surface area contributed by atoms with Crippen LogP contribution in [0.1, 0.15) is 42.5 Å². The molecule has 0 aromatic heterocycles. The zero-order valence-corrected chi connectivity index (χ0v) is 12.7. The highest BCUT2D eigenvalue weighted by Gasteiger charge is 2.18. The first-order valence-corrected chi connectivity index (χ1v) is 7.53. The number of carbonyl (C=O) groups excluding carboxylic acids is 1. The molecule has 0 aliphatic heterocycles. The zero-order chi connectivity index (χ0) is 13.8. The molecule has 0 bridgehead atoms. The first-order valence-electron chi connectivity index (χ1n) is 6.39. The van der Waals surface area contributed by atoms with Gasteiger partial charge in [-0.25, -0.2) is 4.79 Å². The number of halogens is 3. The van der Waals surface area contributed by atoms with Crippen LogP contribution in [0.4, 0.5) is 0 Å². The first-order chi connectivity index (χ1) is 9.08. The van der Waals surface area contributed by atoms with Crippen molar-refractivity contribution in [2.24, 2.45) is 5.92 Å². The SMILES string of the molecule is O=C(OCCC1CCCC1)c1cc(Cl)cc(Cl)c1Cl. The first kappa shape index (κ1) is 15.0. The second kappa shape index (κ2) is 6.83.